The second-order valence-electron chi connectivity index (χ2n) is 4.44. The van der Waals surface area contributed by atoms with Gasteiger partial charge in [0.1, 0.15) is 0 Å². The average Bonchev–Trinajstić information content (AvgIpc) is 2.39. The maximum atomic E-state index is 6.06. The van der Waals surface area contributed by atoms with E-state index in [1.54, 1.807) is 0 Å². The van der Waals surface area contributed by atoms with E-state index in [1.165, 1.54) is 19.3 Å². The van der Waals surface area contributed by atoms with Crippen molar-refractivity contribution in [3.63, 3.8) is 0 Å². The van der Waals surface area contributed by atoms with E-state index in [9.17, 15) is 0 Å². The third kappa shape index (κ3) is 2.07. The fraction of sp³-hybridized carbons (Fsp3) is 0.385. The molecule has 0 amide bonds. The Hall–Kier alpha value is -1.35. The van der Waals surface area contributed by atoms with Gasteiger partial charge in [0.2, 0.25) is 0 Å². The molecule has 0 atom stereocenters. The molecule has 2 heterocycles. The molecule has 1 aromatic heterocycles. The van der Waals surface area contributed by atoms with Gasteiger partial charge in [-0.15, -0.1) is 0 Å². The number of anilines is 1. The van der Waals surface area contributed by atoms with Crippen LogP contribution >= 0.6 is 11.6 Å². The van der Waals surface area contributed by atoms with Crippen LogP contribution in [0.1, 0.15) is 19.3 Å². The predicted molar refractivity (Wildman–Crippen MR) is 70.6 cm³/mol. The zero-order valence-electron chi connectivity index (χ0n) is 9.56. The Balaban J connectivity index is 2.11. The van der Waals surface area contributed by atoms with E-state index in [0.29, 0.717) is 0 Å². The molecule has 17 heavy (non-hydrogen) atoms. The van der Waals surface area contributed by atoms with Crippen molar-refractivity contribution in [1.82, 2.24) is 10.2 Å². The molecule has 1 saturated heterocycles. The van der Waals surface area contributed by atoms with Gasteiger partial charge in [-0.25, -0.2) is 0 Å². The summed E-state index contributed by atoms with van der Waals surface area (Å²) in [6, 6.07) is 5.77. The monoisotopic (exact) mass is 247 g/mol. The van der Waals surface area contributed by atoms with Crippen molar-refractivity contribution in [2.75, 3.05) is 18.0 Å². The quantitative estimate of drug-likeness (QED) is 0.775. The molecule has 1 aromatic carbocycles. The van der Waals surface area contributed by atoms with Gasteiger partial charge < -0.3 is 4.90 Å². The van der Waals surface area contributed by atoms with Crippen LogP contribution < -0.4 is 4.90 Å². The molecule has 0 bridgehead atoms. The molecule has 88 valence electrons. The minimum absolute atomic E-state index is 0.753. The Kier molecular flexibility index (Phi) is 2.85. The molecule has 0 aliphatic carbocycles. The summed E-state index contributed by atoms with van der Waals surface area (Å²) in [5.74, 6) is 0. The first-order chi connectivity index (χ1) is 8.34. The number of piperidine rings is 1. The van der Waals surface area contributed by atoms with Crippen LogP contribution in [0.4, 0.5) is 5.69 Å². The summed E-state index contributed by atoms with van der Waals surface area (Å²) < 4.78 is 0. The van der Waals surface area contributed by atoms with Gasteiger partial charge in [0.05, 0.1) is 17.4 Å². The Labute approximate surface area is 105 Å². The summed E-state index contributed by atoms with van der Waals surface area (Å²) >= 11 is 6.06. The van der Waals surface area contributed by atoms with Crippen LogP contribution in [0.25, 0.3) is 10.9 Å². The fourth-order valence-electron chi connectivity index (χ4n) is 2.40. The molecule has 0 N–H and O–H groups in total. The largest absolute Gasteiger partial charge is 0.370 e. The highest BCUT2D eigenvalue weighted by Gasteiger charge is 2.14. The molecular formula is C13H14ClN3. The van der Waals surface area contributed by atoms with Crippen molar-refractivity contribution in [1.29, 1.82) is 0 Å². The van der Waals surface area contributed by atoms with Gasteiger partial charge in [0.25, 0.3) is 0 Å². The molecule has 3 rings (SSSR count). The van der Waals surface area contributed by atoms with Crippen LogP contribution in [-0.4, -0.2) is 23.3 Å². The summed E-state index contributed by atoms with van der Waals surface area (Å²) in [4.78, 5) is 2.39. The van der Waals surface area contributed by atoms with Gasteiger partial charge in [-0.05, 0) is 37.5 Å². The third-order valence-electron chi connectivity index (χ3n) is 3.28. The highest BCUT2D eigenvalue weighted by molar-refractivity contribution is 6.31. The first kappa shape index (κ1) is 10.8. The lowest BCUT2D eigenvalue weighted by molar-refractivity contribution is 0.578. The minimum Gasteiger partial charge on any atom is -0.370 e. The van der Waals surface area contributed by atoms with Crippen LogP contribution in [0.5, 0.6) is 0 Å². The van der Waals surface area contributed by atoms with E-state index in [4.69, 9.17) is 11.6 Å². The van der Waals surface area contributed by atoms with Gasteiger partial charge in [-0.3, -0.25) is 0 Å². The molecule has 4 heteroatoms. The second-order valence-corrected chi connectivity index (χ2v) is 4.88. The van der Waals surface area contributed by atoms with Crippen LogP contribution in [-0.2, 0) is 0 Å². The number of benzene rings is 1. The van der Waals surface area contributed by atoms with Crippen LogP contribution in [0.2, 0.25) is 5.02 Å². The van der Waals surface area contributed by atoms with Crippen LogP contribution in [0.3, 0.4) is 0 Å². The lowest BCUT2D eigenvalue weighted by atomic mass is 10.1. The molecular weight excluding hydrogens is 234 g/mol. The molecule has 0 radical (unpaired) electrons. The lowest BCUT2D eigenvalue weighted by Crippen LogP contribution is -2.29. The number of aromatic nitrogens is 2. The fourth-order valence-corrected chi connectivity index (χ4v) is 2.57. The van der Waals surface area contributed by atoms with Crippen molar-refractivity contribution in [2.45, 2.75) is 19.3 Å². The third-order valence-corrected chi connectivity index (χ3v) is 3.51. The molecule has 1 aliphatic heterocycles. The van der Waals surface area contributed by atoms with Crippen molar-refractivity contribution in [3.8, 4) is 0 Å². The molecule has 3 nitrogen and oxygen atoms in total. The van der Waals surface area contributed by atoms with Gasteiger partial charge >= 0.3 is 0 Å². The smallest absolute Gasteiger partial charge is 0.0951 e. The van der Waals surface area contributed by atoms with E-state index < -0.39 is 0 Å². The maximum Gasteiger partial charge on any atom is 0.0951 e. The summed E-state index contributed by atoms with van der Waals surface area (Å²) in [5, 5.41) is 10.1. The SMILES string of the molecule is Clc1ccc2nncc(N3CCCCC3)c2c1. The molecule has 0 unspecified atom stereocenters. The average molecular weight is 248 g/mol. The highest BCUT2D eigenvalue weighted by Crippen LogP contribution is 2.28. The molecule has 0 saturated carbocycles. The number of halogens is 1. The summed E-state index contributed by atoms with van der Waals surface area (Å²) in [7, 11) is 0. The van der Waals surface area contributed by atoms with E-state index in [2.05, 4.69) is 15.1 Å². The Morgan fingerprint density at radius 3 is 2.76 bits per heavy atom. The number of rotatable bonds is 1. The minimum atomic E-state index is 0.753. The Morgan fingerprint density at radius 2 is 1.94 bits per heavy atom. The number of hydrogen-bond acceptors (Lipinski definition) is 3. The maximum absolute atomic E-state index is 6.06. The van der Waals surface area contributed by atoms with E-state index in [1.807, 2.05) is 24.4 Å². The lowest BCUT2D eigenvalue weighted by Gasteiger charge is -2.29. The number of nitrogens with zero attached hydrogens (tertiary/aromatic N) is 3. The van der Waals surface area contributed by atoms with Gasteiger partial charge in [-0.1, -0.05) is 11.6 Å². The highest BCUT2D eigenvalue weighted by atomic mass is 35.5. The Bertz CT molecular complexity index is 535. The van der Waals surface area contributed by atoms with Gasteiger partial charge in [0, 0.05) is 23.5 Å². The van der Waals surface area contributed by atoms with Crippen LogP contribution in [0, 0.1) is 0 Å². The molecule has 0 spiro atoms. The first-order valence-electron chi connectivity index (χ1n) is 6.00. The van der Waals surface area contributed by atoms with Crippen LogP contribution in [0.15, 0.2) is 24.4 Å². The summed E-state index contributed by atoms with van der Waals surface area (Å²) in [6.07, 6.45) is 5.69. The normalized spacial score (nSPS) is 16.4. The molecule has 1 fully saturated rings. The summed E-state index contributed by atoms with van der Waals surface area (Å²) in [5.41, 5.74) is 2.08. The van der Waals surface area contributed by atoms with Crippen molar-refractivity contribution < 1.29 is 0 Å². The van der Waals surface area contributed by atoms with Crippen molar-refractivity contribution in [2.24, 2.45) is 0 Å². The topological polar surface area (TPSA) is 29.0 Å². The zero-order valence-corrected chi connectivity index (χ0v) is 10.3. The first-order valence-corrected chi connectivity index (χ1v) is 6.38. The van der Waals surface area contributed by atoms with E-state index >= 15 is 0 Å². The van der Waals surface area contributed by atoms with Crippen molar-refractivity contribution >= 4 is 28.2 Å². The predicted octanol–water partition coefficient (Wildman–Crippen LogP) is 3.27. The van der Waals surface area contributed by atoms with E-state index in [0.717, 1.165) is 34.7 Å². The zero-order chi connectivity index (χ0) is 11.7. The van der Waals surface area contributed by atoms with Crippen molar-refractivity contribution in [3.05, 3.63) is 29.4 Å². The number of fused-ring (bicyclic) bond motifs is 1. The van der Waals surface area contributed by atoms with Gasteiger partial charge in [0.15, 0.2) is 0 Å². The Morgan fingerprint density at radius 1 is 1.12 bits per heavy atom. The van der Waals surface area contributed by atoms with Gasteiger partial charge in [-0.2, -0.15) is 10.2 Å². The van der Waals surface area contributed by atoms with E-state index in [-0.39, 0.29) is 0 Å². The summed E-state index contributed by atoms with van der Waals surface area (Å²) in [6.45, 7) is 2.21. The second kappa shape index (κ2) is 4.49. The standard InChI is InChI=1S/C13H14ClN3/c14-10-4-5-12-11(8-10)13(9-15-16-12)17-6-2-1-3-7-17/h4-5,8-9H,1-3,6-7H2. The number of hydrogen-bond donors (Lipinski definition) is 0. The molecule has 2 aromatic rings. The molecule has 1 aliphatic rings.